The molecule has 0 aromatic heterocycles. The lowest BCUT2D eigenvalue weighted by molar-refractivity contribution is -0.137. The van der Waals surface area contributed by atoms with Gasteiger partial charge in [0.25, 0.3) is 5.91 Å². The second-order valence-electron chi connectivity index (χ2n) is 5.79. The van der Waals surface area contributed by atoms with Crippen LogP contribution in [0.2, 0.25) is 0 Å². The number of amides is 1. The number of ether oxygens (including phenoxy) is 1. The Balaban J connectivity index is 1.78. The standard InChI is InChI=1S/C20H19F3N2O2/c1-25(2)17-10-8-15(9-11-17)19(26)24-12-3-4-13-27-18-7-5-6-16(14-18)20(21,22)23/h5-11,14H,12-13H2,1-2H3,(H,24,26). The molecule has 0 unspecified atom stereocenters. The van der Waals surface area contributed by atoms with Gasteiger partial charge in [0.2, 0.25) is 0 Å². The van der Waals surface area contributed by atoms with Crippen LogP contribution in [0.5, 0.6) is 5.75 Å². The van der Waals surface area contributed by atoms with Gasteiger partial charge in [0.05, 0.1) is 12.1 Å². The van der Waals surface area contributed by atoms with Crippen LogP contribution >= 0.6 is 0 Å². The van der Waals surface area contributed by atoms with E-state index in [1.54, 1.807) is 12.1 Å². The first-order valence-electron chi connectivity index (χ1n) is 8.09. The molecule has 7 heteroatoms. The molecule has 0 saturated heterocycles. The monoisotopic (exact) mass is 376 g/mol. The highest BCUT2D eigenvalue weighted by atomic mass is 19.4. The quantitative estimate of drug-likeness (QED) is 0.811. The molecule has 0 atom stereocenters. The van der Waals surface area contributed by atoms with E-state index in [4.69, 9.17) is 4.74 Å². The van der Waals surface area contributed by atoms with Crippen molar-refractivity contribution in [2.45, 2.75) is 6.18 Å². The summed E-state index contributed by atoms with van der Waals surface area (Å²) >= 11 is 0. The van der Waals surface area contributed by atoms with Gasteiger partial charge in [-0.1, -0.05) is 17.9 Å². The zero-order valence-corrected chi connectivity index (χ0v) is 14.9. The summed E-state index contributed by atoms with van der Waals surface area (Å²) in [6, 6.07) is 11.7. The third-order valence-corrected chi connectivity index (χ3v) is 3.58. The van der Waals surface area contributed by atoms with Gasteiger partial charge in [0.15, 0.2) is 0 Å². The van der Waals surface area contributed by atoms with Crippen molar-refractivity contribution in [3.8, 4) is 17.6 Å². The number of benzene rings is 2. The van der Waals surface area contributed by atoms with Crippen LogP contribution in [0.25, 0.3) is 0 Å². The molecule has 0 aliphatic rings. The highest BCUT2D eigenvalue weighted by molar-refractivity contribution is 5.94. The lowest BCUT2D eigenvalue weighted by atomic mass is 10.2. The van der Waals surface area contributed by atoms with Crippen LogP contribution in [0, 0.1) is 11.8 Å². The van der Waals surface area contributed by atoms with Gasteiger partial charge in [-0.3, -0.25) is 4.79 Å². The first kappa shape index (κ1) is 20.2. The number of alkyl halides is 3. The molecule has 0 saturated carbocycles. The van der Waals surface area contributed by atoms with Crippen molar-refractivity contribution in [2.24, 2.45) is 0 Å². The molecule has 0 aliphatic carbocycles. The first-order chi connectivity index (χ1) is 12.8. The Kier molecular flexibility index (Phi) is 6.72. The molecule has 2 rings (SSSR count). The number of carbonyl (C=O) groups is 1. The van der Waals surface area contributed by atoms with Crippen molar-refractivity contribution in [1.82, 2.24) is 5.32 Å². The lowest BCUT2D eigenvalue weighted by Crippen LogP contribution is -2.23. The van der Waals surface area contributed by atoms with Crippen molar-refractivity contribution in [2.75, 3.05) is 32.1 Å². The van der Waals surface area contributed by atoms with Crippen LogP contribution in [0.3, 0.4) is 0 Å². The van der Waals surface area contributed by atoms with E-state index in [2.05, 4.69) is 17.2 Å². The van der Waals surface area contributed by atoms with Crippen LogP contribution < -0.4 is 15.0 Å². The smallest absolute Gasteiger partial charge is 0.416 e. The van der Waals surface area contributed by atoms with Crippen LogP contribution in [0.4, 0.5) is 18.9 Å². The maximum Gasteiger partial charge on any atom is 0.416 e. The van der Waals surface area contributed by atoms with Crippen LogP contribution in [0.1, 0.15) is 15.9 Å². The Labute approximate surface area is 155 Å². The van der Waals surface area contributed by atoms with Crippen molar-refractivity contribution >= 4 is 11.6 Å². The molecule has 1 amide bonds. The normalized spacial score (nSPS) is 10.6. The summed E-state index contributed by atoms with van der Waals surface area (Å²) in [4.78, 5) is 13.9. The molecule has 142 valence electrons. The van der Waals surface area contributed by atoms with Gasteiger partial charge in [-0.25, -0.2) is 0 Å². The van der Waals surface area contributed by atoms with Crippen molar-refractivity contribution in [1.29, 1.82) is 0 Å². The lowest BCUT2D eigenvalue weighted by Gasteiger charge is -2.12. The number of halogens is 3. The first-order valence-corrected chi connectivity index (χ1v) is 8.09. The highest BCUT2D eigenvalue weighted by Gasteiger charge is 2.30. The molecule has 4 nitrogen and oxygen atoms in total. The zero-order chi connectivity index (χ0) is 19.9. The molecule has 0 aliphatic heterocycles. The maximum absolute atomic E-state index is 12.6. The van der Waals surface area contributed by atoms with Crippen LogP contribution in [-0.2, 0) is 6.18 Å². The van der Waals surface area contributed by atoms with E-state index in [0.29, 0.717) is 5.56 Å². The van der Waals surface area contributed by atoms with Crippen molar-refractivity contribution < 1.29 is 22.7 Å². The number of hydrogen-bond donors (Lipinski definition) is 1. The molecular weight excluding hydrogens is 357 g/mol. The van der Waals surface area contributed by atoms with Gasteiger partial charge in [-0.2, -0.15) is 13.2 Å². The number of nitrogens with zero attached hydrogens (tertiary/aromatic N) is 1. The van der Waals surface area contributed by atoms with E-state index >= 15 is 0 Å². The Bertz CT molecular complexity index is 835. The van der Waals surface area contributed by atoms with Gasteiger partial charge >= 0.3 is 6.18 Å². The molecule has 1 N–H and O–H groups in total. The second kappa shape index (κ2) is 8.99. The Morgan fingerprint density at radius 1 is 1.11 bits per heavy atom. The van der Waals surface area contributed by atoms with E-state index in [1.807, 2.05) is 31.1 Å². The third-order valence-electron chi connectivity index (χ3n) is 3.58. The fourth-order valence-corrected chi connectivity index (χ4v) is 2.13. The van der Waals surface area contributed by atoms with E-state index in [1.165, 1.54) is 12.1 Å². The number of rotatable bonds is 5. The topological polar surface area (TPSA) is 41.6 Å². The fraction of sp³-hybridized carbons (Fsp3) is 0.250. The molecule has 0 heterocycles. The predicted octanol–water partition coefficient (Wildman–Crippen LogP) is 3.58. The van der Waals surface area contributed by atoms with Gasteiger partial charge in [0, 0.05) is 25.3 Å². The summed E-state index contributed by atoms with van der Waals surface area (Å²) in [5.74, 6) is 5.17. The van der Waals surface area contributed by atoms with E-state index in [-0.39, 0.29) is 24.8 Å². The SMILES string of the molecule is CN(C)c1ccc(C(=O)NCC#CCOc2cccc(C(F)(F)F)c2)cc1. The Morgan fingerprint density at radius 3 is 2.44 bits per heavy atom. The van der Waals surface area contributed by atoms with Crippen LogP contribution in [-0.4, -0.2) is 33.2 Å². The minimum absolute atomic E-state index is 0.0747. The summed E-state index contributed by atoms with van der Waals surface area (Å²) in [7, 11) is 3.82. The average Bonchev–Trinajstić information content (AvgIpc) is 2.64. The van der Waals surface area contributed by atoms with Crippen molar-refractivity contribution in [3.05, 3.63) is 59.7 Å². The van der Waals surface area contributed by atoms with Gasteiger partial charge in [-0.15, -0.1) is 0 Å². The number of nitrogens with one attached hydrogen (secondary N) is 1. The van der Waals surface area contributed by atoms with E-state index < -0.39 is 11.7 Å². The summed E-state index contributed by atoms with van der Waals surface area (Å²) in [6.45, 7) is 0.0366. The van der Waals surface area contributed by atoms with Crippen LogP contribution in [0.15, 0.2) is 48.5 Å². The van der Waals surface area contributed by atoms with Crippen molar-refractivity contribution in [3.63, 3.8) is 0 Å². The summed E-state index contributed by atoms with van der Waals surface area (Å²) < 4.78 is 43.0. The Morgan fingerprint density at radius 2 is 1.81 bits per heavy atom. The number of hydrogen-bond acceptors (Lipinski definition) is 3. The molecule has 0 fully saturated rings. The number of anilines is 1. The van der Waals surface area contributed by atoms with Gasteiger partial charge in [-0.05, 0) is 42.5 Å². The minimum atomic E-state index is -4.42. The fourth-order valence-electron chi connectivity index (χ4n) is 2.13. The largest absolute Gasteiger partial charge is 0.481 e. The highest BCUT2D eigenvalue weighted by Crippen LogP contribution is 2.31. The average molecular weight is 376 g/mol. The second-order valence-corrected chi connectivity index (χ2v) is 5.79. The molecule has 2 aromatic rings. The predicted molar refractivity (Wildman–Crippen MR) is 97.8 cm³/mol. The van der Waals surface area contributed by atoms with E-state index in [9.17, 15) is 18.0 Å². The molecule has 0 radical (unpaired) electrons. The third kappa shape index (κ3) is 6.26. The summed E-state index contributed by atoms with van der Waals surface area (Å²) in [5, 5.41) is 2.64. The maximum atomic E-state index is 12.6. The zero-order valence-electron chi connectivity index (χ0n) is 14.9. The molecular formula is C20H19F3N2O2. The minimum Gasteiger partial charge on any atom is -0.481 e. The Hall–Kier alpha value is -3.14. The molecule has 2 aromatic carbocycles. The molecule has 0 bridgehead atoms. The van der Waals surface area contributed by atoms with Gasteiger partial charge < -0.3 is 15.0 Å². The summed E-state index contributed by atoms with van der Waals surface area (Å²) in [5.41, 5.74) is 0.723. The van der Waals surface area contributed by atoms with E-state index in [0.717, 1.165) is 17.8 Å². The van der Waals surface area contributed by atoms with Gasteiger partial charge in [0.1, 0.15) is 12.4 Å². The summed E-state index contributed by atoms with van der Waals surface area (Å²) in [6.07, 6.45) is -4.42. The molecule has 0 spiro atoms. The number of carbonyl (C=O) groups excluding carboxylic acids is 1. The molecule has 27 heavy (non-hydrogen) atoms.